The molecule has 1 aliphatic heterocycles. The topological polar surface area (TPSA) is 58.0 Å². The standard InChI is InChI=1S/C25H31N3O3/c1-18(24-17-20-7-4-5-8-23(20)31-24)26-25(29)19(2)27-13-6-14-28(16-15-27)21-9-11-22(30-3)12-10-21/h4-5,7-12,17-19H,6,13-16H2,1-3H3,(H,26,29). The molecule has 0 saturated carbocycles. The predicted octanol–water partition coefficient (Wildman–Crippen LogP) is 4.22. The number of nitrogens with one attached hydrogen (secondary N) is 1. The van der Waals surface area contributed by atoms with Crippen LogP contribution in [-0.4, -0.2) is 50.1 Å². The third kappa shape index (κ3) is 4.85. The number of furan rings is 1. The van der Waals surface area contributed by atoms with Crippen molar-refractivity contribution in [2.45, 2.75) is 32.4 Å². The zero-order valence-corrected chi connectivity index (χ0v) is 18.5. The smallest absolute Gasteiger partial charge is 0.237 e. The minimum atomic E-state index is -0.192. The van der Waals surface area contributed by atoms with Crippen LogP contribution < -0.4 is 15.0 Å². The van der Waals surface area contributed by atoms with Gasteiger partial charge in [-0.05, 0) is 56.7 Å². The predicted molar refractivity (Wildman–Crippen MR) is 124 cm³/mol. The first-order valence-electron chi connectivity index (χ1n) is 11.0. The van der Waals surface area contributed by atoms with Gasteiger partial charge in [-0.25, -0.2) is 0 Å². The molecule has 6 nitrogen and oxygen atoms in total. The fourth-order valence-corrected chi connectivity index (χ4v) is 4.16. The summed E-state index contributed by atoms with van der Waals surface area (Å²) in [6, 6.07) is 17.7. The van der Waals surface area contributed by atoms with Gasteiger partial charge in [0.1, 0.15) is 17.1 Å². The van der Waals surface area contributed by atoms with E-state index < -0.39 is 0 Å². The maximum atomic E-state index is 13.0. The quantitative estimate of drug-likeness (QED) is 0.646. The van der Waals surface area contributed by atoms with E-state index in [2.05, 4.69) is 27.2 Å². The Morgan fingerprint density at radius 2 is 1.81 bits per heavy atom. The molecule has 2 atom stereocenters. The summed E-state index contributed by atoms with van der Waals surface area (Å²) in [6.07, 6.45) is 1.02. The third-order valence-corrected chi connectivity index (χ3v) is 6.13. The number of carbonyl (C=O) groups excluding carboxylic acids is 1. The highest BCUT2D eigenvalue weighted by Gasteiger charge is 2.26. The minimum absolute atomic E-state index is 0.0332. The first-order chi connectivity index (χ1) is 15.0. The number of nitrogens with zero attached hydrogens (tertiary/aromatic N) is 2. The van der Waals surface area contributed by atoms with Crippen LogP contribution in [0.2, 0.25) is 0 Å². The number of carbonyl (C=O) groups is 1. The average Bonchev–Trinajstić information content (AvgIpc) is 3.09. The molecule has 2 aromatic carbocycles. The van der Waals surface area contributed by atoms with Gasteiger partial charge in [-0.15, -0.1) is 0 Å². The molecule has 1 saturated heterocycles. The number of amides is 1. The molecule has 6 heteroatoms. The van der Waals surface area contributed by atoms with Crippen LogP contribution in [0, 0.1) is 0 Å². The minimum Gasteiger partial charge on any atom is -0.497 e. The number of hydrogen-bond donors (Lipinski definition) is 1. The van der Waals surface area contributed by atoms with Crippen molar-refractivity contribution in [3.05, 3.63) is 60.4 Å². The molecule has 1 amide bonds. The lowest BCUT2D eigenvalue weighted by atomic mass is 10.2. The third-order valence-electron chi connectivity index (χ3n) is 6.13. The molecule has 164 valence electrons. The lowest BCUT2D eigenvalue weighted by Gasteiger charge is -2.28. The van der Waals surface area contributed by atoms with Gasteiger partial charge in [0.05, 0.1) is 19.2 Å². The number of methoxy groups -OCH3 is 1. The Labute approximate surface area is 183 Å². The van der Waals surface area contributed by atoms with E-state index in [1.807, 2.05) is 56.3 Å². The molecular weight excluding hydrogens is 390 g/mol. The van der Waals surface area contributed by atoms with Gasteiger partial charge in [0.2, 0.25) is 5.91 Å². The van der Waals surface area contributed by atoms with Crippen LogP contribution >= 0.6 is 0 Å². The maximum absolute atomic E-state index is 13.0. The van der Waals surface area contributed by atoms with Gasteiger partial charge in [-0.3, -0.25) is 9.69 Å². The highest BCUT2D eigenvalue weighted by Crippen LogP contribution is 2.24. The number of hydrogen-bond acceptors (Lipinski definition) is 5. The van der Waals surface area contributed by atoms with Gasteiger partial charge < -0.3 is 19.4 Å². The van der Waals surface area contributed by atoms with Gasteiger partial charge in [-0.2, -0.15) is 0 Å². The monoisotopic (exact) mass is 421 g/mol. The van der Waals surface area contributed by atoms with Crippen molar-refractivity contribution < 1.29 is 13.9 Å². The Morgan fingerprint density at radius 1 is 1.03 bits per heavy atom. The first-order valence-corrected chi connectivity index (χ1v) is 11.0. The molecule has 0 spiro atoms. The van der Waals surface area contributed by atoms with Gasteiger partial charge in [0.25, 0.3) is 0 Å². The maximum Gasteiger partial charge on any atom is 0.237 e. The Morgan fingerprint density at radius 3 is 2.55 bits per heavy atom. The first kappa shape index (κ1) is 21.2. The highest BCUT2D eigenvalue weighted by molar-refractivity contribution is 5.82. The van der Waals surface area contributed by atoms with Crippen LogP contribution in [0.1, 0.15) is 32.1 Å². The van der Waals surface area contributed by atoms with E-state index in [4.69, 9.17) is 9.15 Å². The summed E-state index contributed by atoms with van der Waals surface area (Å²) in [7, 11) is 1.68. The second-order valence-electron chi connectivity index (χ2n) is 8.17. The largest absolute Gasteiger partial charge is 0.497 e. The van der Waals surface area contributed by atoms with Crippen LogP contribution in [0.15, 0.2) is 59.0 Å². The Balaban J connectivity index is 1.34. The molecule has 0 aliphatic carbocycles. The number of anilines is 1. The number of rotatable bonds is 6. The summed E-state index contributed by atoms with van der Waals surface area (Å²) < 4.78 is 11.2. The zero-order chi connectivity index (χ0) is 21.8. The SMILES string of the molecule is COc1ccc(N2CCCN(C(C)C(=O)NC(C)c3cc4ccccc4o3)CC2)cc1. The molecular formula is C25H31N3O3. The fourth-order valence-electron chi connectivity index (χ4n) is 4.16. The Hall–Kier alpha value is -2.99. The molecule has 2 unspecified atom stereocenters. The number of fused-ring (bicyclic) bond motifs is 1. The molecule has 0 radical (unpaired) electrons. The lowest BCUT2D eigenvalue weighted by molar-refractivity contribution is -0.126. The van der Waals surface area contributed by atoms with Gasteiger partial charge >= 0.3 is 0 Å². The fraction of sp³-hybridized carbons (Fsp3) is 0.400. The number of ether oxygens (including phenoxy) is 1. The van der Waals surface area contributed by atoms with Crippen LogP contribution in [0.3, 0.4) is 0 Å². The zero-order valence-electron chi connectivity index (χ0n) is 18.5. The molecule has 4 rings (SSSR count). The van der Waals surface area contributed by atoms with E-state index in [1.54, 1.807) is 7.11 Å². The van der Waals surface area contributed by atoms with Crippen molar-refractivity contribution in [2.75, 3.05) is 38.2 Å². The van der Waals surface area contributed by atoms with Crippen LogP contribution in [0.25, 0.3) is 11.0 Å². The van der Waals surface area contributed by atoms with E-state index in [0.717, 1.165) is 55.1 Å². The lowest BCUT2D eigenvalue weighted by Crippen LogP contribution is -2.47. The van der Waals surface area contributed by atoms with Gasteiger partial charge in [-0.1, -0.05) is 18.2 Å². The molecule has 3 aromatic rings. The second kappa shape index (κ2) is 9.43. The van der Waals surface area contributed by atoms with Crippen LogP contribution in [-0.2, 0) is 4.79 Å². The molecule has 1 fully saturated rings. The summed E-state index contributed by atoms with van der Waals surface area (Å²) in [5, 5.41) is 4.18. The van der Waals surface area contributed by atoms with Crippen molar-refractivity contribution in [2.24, 2.45) is 0 Å². The summed E-state index contributed by atoms with van der Waals surface area (Å²) in [6.45, 7) is 7.58. The normalized spacial score (nSPS) is 17.2. The summed E-state index contributed by atoms with van der Waals surface area (Å²) >= 11 is 0. The molecule has 0 bridgehead atoms. The van der Waals surface area contributed by atoms with Crippen molar-refractivity contribution in [3.8, 4) is 5.75 Å². The van der Waals surface area contributed by atoms with Crippen LogP contribution in [0.4, 0.5) is 5.69 Å². The molecule has 31 heavy (non-hydrogen) atoms. The van der Waals surface area contributed by atoms with Crippen molar-refractivity contribution in [1.29, 1.82) is 0 Å². The molecule has 1 N–H and O–H groups in total. The summed E-state index contributed by atoms with van der Waals surface area (Å²) in [5.74, 6) is 1.68. The number of para-hydroxylation sites is 1. The van der Waals surface area contributed by atoms with Crippen molar-refractivity contribution in [3.63, 3.8) is 0 Å². The van der Waals surface area contributed by atoms with E-state index in [0.29, 0.717) is 0 Å². The molecule has 2 heterocycles. The molecule has 1 aliphatic rings. The summed E-state index contributed by atoms with van der Waals surface area (Å²) in [4.78, 5) is 17.6. The molecule has 1 aromatic heterocycles. The Kier molecular flexibility index (Phi) is 6.47. The second-order valence-corrected chi connectivity index (χ2v) is 8.17. The van der Waals surface area contributed by atoms with E-state index >= 15 is 0 Å². The van der Waals surface area contributed by atoms with E-state index in [1.165, 1.54) is 5.69 Å². The van der Waals surface area contributed by atoms with Crippen LogP contribution in [0.5, 0.6) is 5.75 Å². The van der Waals surface area contributed by atoms with Crippen molar-refractivity contribution in [1.82, 2.24) is 10.2 Å². The Bertz CT molecular complexity index is 981. The summed E-state index contributed by atoms with van der Waals surface area (Å²) in [5.41, 5.74) is 2.04. The van der Waals surface area contributed by atoms with Gasteiger partial charge in [0.15, 0.2) is 0 Å². The van der Waals surface area contributed by atoms with E-state index in [9.17, 15) is 4.79 Å². The van der Waals surface area contributed by atoms with Crippen molar-refractivity contribution >= 4 is 22.6 Å². The van der Waals surface area contributed by atoms with E-state index in [-0.39, 0.29) is 18.0 Å². The highest BCUT2D eigenvalue weighted by atomic mass is 16.5. The van der Waals surface area contributed by atoms with Gasteiger partial charge in [0, 0.05) is 37.3 Å². The number of benzene rings is 2. The average molecular weight is 422 g/mol.